The Balaban J connectivity index is 1.23. The Morgan fingerprint density at radius 1 is 0.944 bits per heavy atom. The lowest BCUT2D eigenvalue weighted by atomic mass is 10.0. The summed E-state index contributed by atoms with van der Waals surface area (Å²) in [7, 11) is 0. The number of nitrogen functional groups attached to an aromatic ring is 1. The van der Waals surface area contributed by atoms with Gasteiger partial charge in [0.05, 0.1) is 5.56 Å². The van der Waals surface area contributed by atoms with Gasteiger partial charge in [0.1, 0.15) is 5.82 Å². The number of hydrogen-bond donors (Lipinski definition) is 1. The summed E-state index contributed by atoms with van der Waals surface area (Å²) in [6, 6.07) is 13.7. The number of carbonyl (C=O) groups excluding carboxylic acids is 1. The summed E-state index contributed by atoms with van der Waals surface area (Å²) in [5.41, 5.74) is 9.50. The highest BCUT2D eigenvalue weighted by atomic mass is 16.1. The van der Waals surface area contributed by atoms with Crippen LogP contribution in [0, 0.1) is 29.6 Å². The first kappa shape index (κ1) is 24.1. The molecule has 0 amide bonds. The van der Waals surface area contributed by atoms with E-state index in [-0.39, 0.29) is 5.78 Å². The number of unbranched alkanes of at least 4 members (excludes halogenated alkanes) is 1. The van der Waals surface area contributed by atoms with Gasteiger partial charge in [-0.3, -0.25) is 4.79 Å². The average Bonchev–Trinajstić information content (AvgIpc) is 3.75. The quantitative estimate of drug-likeness (QED) is 0.277. The van der Waals surface area contributed by atoms with E-state index in [0.29, 0.717) is 18.2 Å². The van der Waals surface area contributed by atoms with Crippen molar-refractivity contribution in [3.8, 4) is 23.7 Å². The molecule has 4 heteroatoms. The molecule has 1 aliphatic carbocycles. The second kappa shape index (κ2) is 11.4. The fraction of sp³-hybridized carbons (Fsp3) is 0.375. The Bertz CT molecular complexity index is 1360. The monoisotopic (exact) mass is 475 g/mol. The molecule has 0 spiro atoms. The Labute approximate surface area is 214 Å². The van der Waals surface area contributed by atoms with E-state index in [2.05, 4.69) is 39.6 Å². The van der Waals surface area contributed by atoms with Crippen molar-refractivity contribution >= 4 is 22.4 Å². The van der Waals surface area contributed by atoms with Gasteiger partial charge < -0.3 is 10.6 Å². The van der Waals surface area contributed by atoms with Crippen molar-refractivity contribution in [2.24, 2.45) is 5.92 Å². The number of hydrogen-bond acceptors (Lipinski definition) is 4. The van der Waals surface area contributed by atoms with E-state index in [1.54, 1.807) is 6.20 Å². The molecule has 0 radical (unpaired) electrons. The van der Waals surface area contributed by atoms with Crippen LogP contribution in [0.25, 0.3) is 10.8 Å². The van der Waals surface area contributed by atoms with Crippen LogP contribution in [0.1, 0.15) is 78.4 Å². The molecule has 2 N–H and O–H groups in total. The van der Waals surface area contributed by atoms with Gasteiger partial charge in [0.15, 0.2) is 5.78 Å². The van der Waals surface area contributed by atoms with E-state index in [1.807, 2.05) is 36.4 Å². The maximum Gasteiger partial charge on any atom is 0.162 e. The van der Waals surface area contributed by atoms with E-state index < -0.39 is 0 Å². The summed E-state index contributed by atoms with van der Waals surface area (Å²) in [5, 5.41) is 1.96. The summed E-state index contributed by atoms with van der Waals surface area (Å²) >= 11 is 0. The molecule has 1 saturated carbocycles. The van der Waals surface area contributed by atoms with Crippen LogP contribution in [0.15, 0.2) is 48.7 Å². The Kier molecular flexibility index (Phi) is 7.65. The van der Waals surface area contributed by atoms with Crippen molar-refractivity contribution in [1.29, 1.82) is 0 Å². The third-order valence-corrected chi connectivity index (χ3v) is 7.04. The minimum absolute atomic E-state index is 0.204. The molecule has 1 aromatic heterocycles. The van der Waals surface area contributed by atoms with Crippen molar-refractivity contribution in [2.45, 2.75) is 51.4 Å². The Morgan fingerprint density at radius 2 is 1.72 bits per heavy atom. The van der Waals surface area contributed by atoms with Crippen LogP contribution in [0.3, 0.4) is 0 Å². The zero-order chi connectivity index (χ0) is 24.7. The number of pyridine rings is 1. The number of piperidine rings is 1. The SMILES string of the molecule is Nc1ncc2ccc(C#CC3CC3)cc2c1C#Cc1ccc(C(=O)CCCCN2CCCCC2)cc1. The van der Waals surface area contributed by atoms with Crippen molar-refractivity contribution in [3.63, 3.8) is 0 Å². The fourth-order valence-corrected chi connectivity index (χ4v) is 4.67. The molecule has 0 unspecified atom stereocenters. The van der Waals surface area contributed by atoms with E-state index in [1.165, 1.54) is 45.2 Å². The lowest BCUT2D eigenvalue weighted by Crippen LogP contribution is -2.30. The lowest BCUT2D eigenvalue weighted by molar-refractivity contribution is 0.0977. The Morgan fingerprint density at radius 3 is 2.50 bits per heavy atom. The minimum Gasteiger partial charge on any atom is -0.383 e. The molecule has 1 saturated heterocycles. The molecule has 36 heavy (non-hydrogen) atoms. The van der Waals surface area contributed by atoms with Crippen LogP contribution < -0.4 is 5.73 Å². The van der Waals surface area contributed by atoms with Crippen LogP contribution in [-0.4, -0.2) is 35.3 Å². The van der Waals surface area contributed by atoms with Crippen LogP contribution in [0.2, 0.25) is 0 Å². The third kappa shape index (κ3) is 6.34. The zero-order valence-corrected chi connectivity index (χ0v) is 20.9. The average molecular weight is 476 g/mol. The third-order valence-electron chi connectivity index (χ3n) is 7.04. The highest BCUT2D eigenvalue weighted by Crippen LogP contribution is 2.28. The summed E-state index contributed by atoms with van der Waals surface area (Å²) in [4.78, 5) is 19.5. The summed E-state index contributed by atoms with van der Waals surface area (Å²) < 4.78 is 0. The highest BCUT2D eigenvalue weighted by molar-refractivity contribution is 5.96. The van der Waals surface area contributed by atoms with Crippen molar-refractivity contribution in [2.75, 3.05) is 25.4 Å². The maximum absolute atomic E-state index is 12.6. The molecule has 3 aromatic rings. The largest absolute Gasteiger partial charge is 0.383 e. The molecule has 0 bridgehead atoms. The van der Waals surface area contributed by atoms with E-state index in [0.717, 1.165) is 52.4 Å². The lowest BCUT2D eigenvalue weighted by Gasteiger charge is -2.26. The second-order valence-corrected chi connectivity index (χ2v) is 9.97. The fourth-order valence-electron chi connectivity index (χ4n) is 4.67. The smallest absolute Gasteiger partial charge is 0.162 e. The van der Waals surface area contributed by atoms with Crippen LogP contribution in [0.5, 0.6) is 0 Å². The molecule has 2 aliphatic rings. The maximum atomic E-state index is 12.6. The number of rotatable bonds is 6. The zero-order valence-electron chi connectivity index (χ0n) is 20.9. The number of nitrogens with two attached hydrogens (primary N) is 1. The first-order chi connectivity index (χ1) is 17.7. The van der Waals surface area contributed by atoms with E-state index in [9.17, 15) is 4.79 Å². The van der Waals surface area contributed by atoms with Gasteiger partial charge in [0.25, 0.3) is 0 Å². The van der Waals surface area contributed by atoms with Crippen molar-refractivity contribution in [1.82, 2.24) is 9.88 Å². The molecular weight excluding hydrogens is 442 g/mol. The first-order valence-corrected chi connectivity index (χ1v) is 13.2. The van der Waals surface area contributed by atoms with Gasteiger partial charge in [0, 0.05) is 46.0 Å². The van der Waals surface area contributed by atoms with Crippen molar-refractivity contribution in [3.05, 3.63) is 70.9 Å². The standard InChI is InChI=1S/C32H33N3O/c33-32-29(30-22-26(10-9-24-7-8-24)13-17-28(30)23-34-32)18-14-25-11-15-27(16-12-25)31(36)6-2-5-21-35-19-3-1-4-20-35/h11-13,15-17,22-24H,1-8,19-21H2,(H2,33,34). The van der Waals surface area contributed by atoms with E-state index in [4.69, 9.17) is 5.73 Å². The van der Waals surface area contributed by atoms with Gasteiger partial charge in [-0.2, -0.15) is 0 Å². The normalized spacial score (nSPS) is 15.6. The van der Waals surface area contributed by atoms with Crippen molar-refractivity contribution < 1.29 is 4.79 Å². The molecule has 2 heterocycles. The number of nitrogens with zero attached hydrogens (tertiary/aromatic N) is 2. The minimum atomic E-state index is 0.204. The summed E-state index contributed by atoms with van der Waals surface area (Å²) in [5.74, 6) is 14.2. The molecular formula is C32H33N3O. The van der Waals surface area contributed by atoms with Crippen LogP contribution >= 0.6 is 0 Å². The predicted molar refractivity (Wildman–Crippen MR) is 147 cm³/mol. The number of fused-ring (bicyclic) bond motifs is 1. The van der Waals surface area contributed by atoms with Gasteiger partial charge in [0.2, 0.25) is 0 Å². The second-order valence-electron chi connectivity index (χ2n) is 9.97. The van der Waals surface area contributed by atoms with Crippen LogP contribution in [0.4, 0.5) is 5.82 Å². The summed E-state index contributed by atoms with van der Waals surface area (Å²) in [6.07, 6.45) is 10.8. The van der Waals surface area contributed by atoms with E-state index >= 15 is 0 Å². The number of likely N-dealkylation sites (tertiary alicyclic amines) is 1. The number of ketones is 1. The predicted octanol–water partition coefficient (Wildman–Crippen LogP) is 5.82. The number of Topliss-reactive ketones (excluding diaryl/α,β-unsaturated/α-hetero) is 1. The molecule has 0 atom stereocenters. The molecule has 2 aromatic carbocycles. The molecule has 182 valence electrons. The number of carbonyl (C=O) groups is 1. The molecule has 4 nitrogen and oxygen atoms in total. The van der Waals surface area contributed by atoms with Gasteiger partial charge in [-0.15, -0.1) is 0 Å². The summed E-state index contributed by atoms with van der Waals surface area (Å²) in [6.45, 7) is 3.54. The van der Waals surface area contributed by atoms with Gasteiger partial charge in [-0.25, -0.2) is 4.98 Å². The molecule has 2 fully saturated rings. The van der Waals surface area contributed by atoms with Gasteiger partial charge in [-0.05, 0) is 82.4 Å². The van der Waals surface area contributed by atoms with Crippen LogP contribution in [-0.2, 0) is 0 Å². The first-order valence-electron chi connectivity index (χ1n) is 13.2. The number of aromatic nitrogens is 1. The van der Waals surface area contributed by atoms with Gasteiger partial charge >= 0.3 is 0 Å². The highest BCUT2D eigenvalue weighted by Gasteiger charge is 2.17. The Hall–Kier alpha value is -3.60. The van der Waals surface area contributed by atoms with Gasteiger partial charge in [-0.1, -0.05) is 48.3 Å². The molecule has 1 aliphatic heterocycles. The number of anilines is 1. The topological polar surface area (TPSA) is 59.2 Å². The molecule has 5 rings (SSSR count). The number of benzene rings is 2.